The summed E-state index contributed by atoms with van der Waals surface area (Å²) in [5.41, 5.74) is 6.27. The zero-order chi connectivity index (χ0) is 20.9. The minimum atomic E-state index is -0.980. The maximum atomic E-state index is 13.9. The second kappa shape index (κ2) is 6.93. The van der Waals surface area contributed by atoms with Crippen molar-refractivity contribution in [3.63, 3.8) is 0 Å². The molecule has 0 unspecified atom stereocenters. The third-order valence-corrected chi connectivity index (χ3v) is 4.92. The van der Waals surface area contributed by atoms with Gasteiger partial charge in [0.25, 0.3) is 0 Å². The third kappa shape index (κ3) is 3.40. The first kappa shape index (κ1) is 19.5. The highest BCUT2D eigenvalue weighted by atomic mass is 19.1. The lowest BCUT2D eigenvalue weighted by atomic mass is 9.76. The van der Waals surface area contributed by atoms with E-state index in [1.807, 2.05) is 19.9 Å². The molecule has 0 saturated carbocycles. The van der Waals surface area contributed by atoms with Gasteiger partial charge in [0.15, 0.2) is 0 Å². The lowest BCUT2D eigenvalue weighted by Gasteiger charge is -2.33. The minimum absolute atomic E-state index is 0.0860. The molecule has 2 aromatic heterocycles. The van der Waals surface area contributed by atoms with Gasteiger partial charge in [0, 0.05) is 35.9 Å². The number of nitrogens with zero attached hydrogens (tertiary/aromatic N) is 2. The quantitative estimate of drug-likeness (QED) is 0.416. The number of benzene rings is 1. The number of hydrogen-bond acceptors (Lipinski definition) is 5. The number of aromatic nitrogens is 2. The maximum Gasteiger partial charge on any atom is 0.497 e. The van der Waals surface area contributed by atoms with Crippen molar-refractivity contribution in [2.24, 2.45) is 5.41 Å². The van der Waals surface area contributed by atoms with Crippen molar-refractivity contribution in [3.8, 4) is 0 Å². The Hall–Kier alpha value is -2.78. The van der Waals surface area contributed by atoms with Crippen molar-refractivity contribution in [3.05, 3.63) is 59.0 Å². The Morgan fingerprint density at radius 2 is 1.86 bits per heavy atom. The Balaban J connectivity index is 1.77. The molecule has 2 N–H and O–H groups in total. The van der Waals surface area contributed by atoms with Crippen LogP contribution in [-0.4, -0.2) is 35.5 Å². The van der Waals surface area contributed by atoms with Crippen molar-refractivity contribution in [2.75, 3.05) is 18.9 Å². The number of ketones is 1. The summed E-state index contributed by atoms with van der Waals surface area (Å²) in [6.07, 6.45) is 1.67. The molecule has 3 aromatic rings. The lowest BCUT2D eigenvalue weighted by Crippen LogP contribution is -2.48. The van der Waals surface area contributed by atoms with Gasteiger partial charge in [-0.25, -0.2) is 13.8 Å². The van der Waals surface area contributed by atoms with Crippen LogP contribution in [0, 0.1) is 24.0 Å². The number of pyridine rings is 1. The molecule has 0 atom stereocenters. The standard InChI is InChI=1S/C20H20BF2N3O3/c1-11-17(18(27)12-7-14(22)16(24)15(23)8-12)26-6-4-5-13(19(26)25-11)21-28-9-20(2,3)10-29-21/h4-8H,9-10,24H2,1-3H3. The van der Waals surface area contributed by atoms with E-state index in [1.54, 1.807) is 23.6 Å². The largest absolute Gasteiger partial charge is 0.497 e. The number of hydrogen-bond donors (Lipinski definition) is 1. The van der Waals surface area contributed by atoms with Crippen molar-refractivity contribution < 1.29 is 22.9 Å². The maximum absolute atomic E-state index is 13.9. The first-order valence-corrected chi connectivity index (χ1v) is 9.18. The van der Waals surface area contributed by atoms with E-state index in [1.165, 1.54) is 0 Å². The summed E-state index contributed by atoms with van der Waals surface area (Å²) in [5.74, 6) is -2.52. The van der Waals surface area contributed by atoms with Crippen LogP contribution in [0.5, 0.6) is 0 Å². The molecule has 0 aliphatic carbocycles. The smallest absolute Gasteiger partial charge is 0.407 e. The second-order valence-corrected chi connectivity index (χ2v) is 8.00. The zero-order valence-corrected chi connectivity index (χ0v) is 16.3. The van der Waals surface area contributed by atoms with Crippen molar-refractivity contribution in [1.82, 2.24) is 9.38 Å². The van der Waals surface area contributed by atoms with E-state index in [0.29, 0.717) is 30.0 Å². The molecular weight excluding hydrogens is 379 g/mol. The van der Waals surface area contributed by atoms with Crippen molar-refractivity contribution in [2.45, 2.75) is 20.8 Å². The third-order valence-electron chi connectivity index (χ3n) is 4.92. The van der Waals surface area contributed by atoms with Crippen molar-refractivity contribution >= 4 is 29.7 Å². The predicted octanol–water partition coefficient (Wildman–Crippen LogP) is 2.50. The van der Waals surface area contributed by atoms with Gasteiger partial charge in [-0.1, -0.05) is 19.9 Å². The number of nitrogen functional groups attached to an aromatic ring is 1. The molecule has 1 aliphatic heterocycles. The molecule has 9 heteroatoms. The Morgan fingerprint density at radius 1 is 1.24 bits per heavy atom. The molecule has 0 radical (unpaired) electrons. The molecule has 0 amide bonds. The molecule has 29 heavy (non-hydrogen) atoms. The first-order valence-electron chi connectivity index (χ1n) is 9.18. The van der Waals surface area contributed by atoms with Gasteiger partial charge >= 0.3 is 7.12 Å². The normalized spacial score (nSPS) is 16.4. The number of fused-ring (bicyclic) bond motifs is 1. The van der Waals surface area contributed by atoms with Gasteiger partial charge in [-0.15, -0.1) is 0 Å². The zero-order valence-electron chi connectivity index (χ0n) is 16.3. The highest BCUT2D eigenvalue weighted by molar-refractivity contribution is 6.63. The summed E-state index contributed by atoms with van der Waals surface area (Å²) in [4.78, 5) is 17.5. The molecule has 4 rings (SSSR count). The Bertz CT molecular complexity index is 1100. The molecule has 1 saturated heterocycles. The fourth-order valence-corrected chi connectivity index (χ4v) is 3.38. The van der Waals surface area contributed by atoms with Crippen molar-refractivity contribution in [1.29, 1.82) is 0 Å². The lowest BCUT2D eigenvalue weighted by molar-refractivity contribution is 0.0344. The summed E-state index contributed by atoms with van der Waals surface area (Å²) in [6.45, 7) is 6.80. The summed E-state index contributed by atoms with van der Waals surface area (Å²) in [5, 5.41) is 0. The van der Waals surface area contributed by atoms with Gasteiger partial charge in [-0.3, -0.25) is 9.20 Å². The number of rotatable bonds is 3. The van der Waals surface area contributed by atoms with E-state index in [9.17, 15) is 13.6 Å². The number of aryl methyl sites for hydroxylation is 1. The van der Waals surface area contributed by atoms with Crippen LogP contribution >= 0.6 is 0 Å². The monoisotopic (exact) mass is 399 g/mol. The Kier molecular flexibility index (Phi) is 4.67. The Morgan fingerprint density at radius 3 is 2.48 bits per heavy atom. The second-order valence-electron chi connectivity index (χ2n) is 8.00. The van der Waals surface area contributed by atoms with Crippen LogP contribution in [0.2, 0.25) is 0 Å². The van der Waals surface area contributed by atoms with Gasteiger partial charge in [0.05, 0.1) is 5.69 Å². The molecule has 0 spiro atoms. The van der Waals surface area contributed by atoms with E-state index in [0.717, 1.165) is 12.1 Å². The number of carbonyl (C=O) groups is 1. The number of imidazole rings is 1. The number of halogens is 2. The highest BCUT2D eigenvalue weighted by Gasteiger charge is 2.35. The summed E-state index contributed by atoms with van der Waals surface area (Å²) in [7, 11) is -0.608. The highest BCUT2D eigenvalue weighted by Crippen LogP contribution is 2.24. The minimum Gasteiger partial charge on any atom is -0.407 e. The number of nitrogens with two attached hydrogens (primary N) is 1. The molecule has 1 aliphatic rings. The van der Waals surface area contributed by atoms with Gasteiger partial charge < -0.3 is 15.0 Å². The van der Waals surface area contributed by atoms with Gasteiger partial charge in [-0.2, -0.15) is 0 Å². The average Bonchev–Trinajstić information content (AvgIpc) is 3.01. The molecule has 6 nitrogen and oxygen atoms in total. The SMILES string of the molecule is Cc1nc2c(B3OCC(C)(C)CO3)cccn2c1C(=O)c1cc(F)c(N)c(F)c1. The van der Waals surface area contributed by atoms with Crippen LogP contribution in [0.4, 0.5) is 14.5 Å². The molecule has 150 valence electrons. The number of carbonyl (C=O) groups excluding carboxylic acids is 1. The van der Waals surface area contributed by atoms with Crippen LogP contribution in [0.1, 0.15) is 35.6 Å². The molecule has 3 heterocycles. The molecule has 1 aromatic carbocycles. The van der Waals surface area contributed by atoms with Gasteiger partial charge in [0.1, 0.15) is 28.7 Å². The van der Waals surface area contributed by atoms with E-state index < -0.39 is 30.2 Å². The van der Waals surface area contributed by atoms with Crippen LogP contribution in [0.3, 0.4) is 0 Å². The molecule has 0 bridgehead atoms. The van der Waals surface area contributed by atoms with Crippen LogP contribution in [-0.2, 0) is 9.31 Å². The fourth-order valence-electron chi connectivity index (χ4n) is 3.38. The summed E-state index contributed by atoms with van der Waals surface area (Å²) in [6, 6.07) is 5.43. The van der Waals surface area contributed by atoms with Crippen LogP contribution < -0.4 is 11.2 Å². The molecule has 1 fully saturated rings. The van der Waals surface area contributed by atoms with E-state index >= 15 is 0 Å². The van der Waals surface area contributed by atoms with Crippen LogP contribution in [0.15, 0.2) is 30.5 Å². The first-order chi connectivity index (χ1) is 13.7. The fraction of sp³-hybridized carbons (Fsp3) is 0.300. The van der Waals surface area contributed by atoms with Gasteiger partial charge in [-0.05, 0) is 25.1 Å². The van der Waals surface area contributed by atoms with E-state index in [4.69, 9.17) is 15.0 Å². The van der Waals surface area contributed by atoms with Gasteiger partial charge in [0.2, 0.25) is 5.78 Å². The number of anilines is 1. The summed E-state index contributed by atoms with van der Waals surface area (Å²) < 4.78 is 41.0. The van der Waals surface area contributed by atoms with E-state index in [-0.39, 0.29) is 16.7 Å². The van der Waals surface area contributed by atoms with Crippen LogP contribution in [0.25, 0.3) is 5.65 Å². The Labute approximate surface area is 166 Å². The summed E-state index contributed by atoms with van der Waals surface area (Å²) >= 11 is 0. The average molecular weight is 399 g/mol. The predicted molar refractivity (Wildman–Crippen MR) is 105 cm³/mol. The molecular formula is C20H20BF2N3O3. The van der Waals surface area contributed by atoms with E-state index in [2.05, 4.69) is 4.98 Å². The topological polar surface area (TPSA) is 78.9 Å².